The lowest BCUT2D eigenvalue weighted by atomic mass is 10.00. The second-order valence-corrected chi connectivity index (χ2v) is 7.20. The third-order valence-corrected chi connectivity index (χ3v) is 4.79. The van der Waals surface area contributed by atoms with Crippen LogP contribution in [0.25, 0.3) is 0 Å². The number of hydrogen-bond acceptors (Lipinski definition) is 4. The highest BCUT2D eigenvalue weighted by Gasteiger charge is 2.52. The van der Waals surface area contributed by atoms with Crippen LogP contribution in [-0.4, -0.2) is 52.1 Å². The molecule has 1 fully saturated rings. The van der Waals surface area contributed by atoms with Crippen LogP contribution in [0, 0.1) is 5.92 Å². The summed E-state index contributed by atoms with van der Waals surface area (Å²) < 4.78 is 0. The number of hydrogen-bond donors (Lipinski definition) is 4. The first kappa shape index (κ1) is 21.2. The molecule has 152 valence electrons. The molecule has 1 aromatic rings. The topological polar surface area (TPSA) is 142 Å². The second-order valence-electron chi connectivity index (χ2n) is 7.20. The summed E-state index contributed by atoms with van der Waals surface area (Å²) in [4.78, 5) is 49.9. The van der Waals surface area contributed by atoms with Crippen LogP contribution >= 0.6 is 0 Å². The molecule has 0 unspecified atom stereocenters. The van der Waals surface area contributed by atoms with Gasteiger partial charge in [0, 0.05) is 13.0 Å². The van der Waals surface area contributed by atoms with E-state index in [4.69, 9.17) is 5.73 Å². The number of carboxylic acids is 1. The number of aliphatic carboxylic acids is 1. The maximum absolute atomic E-state index is 13.1. The molecular weight excluding hydrogens is 364 g/mol. The molecule has 0 aliphatic carbocycles. The summed E-state index contributed by atoms with van der Waals surface area (Å²) in [6.07, 6.45) is 0.530. The van der Waals surface area contributed by atoms with E-state index in [0.29, 0.717) is 6.42 Å². The third-order valence-electron chi connectivity index (χ3n) is 4.79. The number of nitrogens with one attached hydrogen (secondary N) is 2. The molecule has 0 aromatic heterocycles. The van der Waals surface area contributed by atoms with Gasteiger partial charge in [0.25, 0.3) is 0 Å². The Kier molecular flexibility index (Phi) is 6.61. The molecule has 5 N–H and O–H groups in total. The number of rotatable bonds is 7. The number of nitrogens with zero attached hydrogens (tertiary/aromatic N) is 1. The van der Waals surface area contributed by atoms with Crippen LogP contribution in [0.2, 0.25) is 0 Å². The number of amides is 4. The van der Waals surface area contributed by atoms with Gasteiger partial charge >= 0.3 is 12.0 Å². The predicted molar refractivity (Wildman–Crippen MR) is 101 cm³/mol. The Morgan fingerprint density at radius 2 is 1.86 bits per heavy atom. The van der Waals surface area contributed by atoms with Gasteiger partial charge < -0.3 is 26.4 Å². The van der Waals surface area contributed by atoms with Gasteiger partial charge in [-0.25, -0.2) is 9.59 Å². The number of nitrogens with two attached hydrogens (primary N) is 1. The first-order valence-electron chi connectivity index (χ1n) is 9.13. The number of carboxylic acid groups (broad SMARTS) is 1. The standard InChI is InChI=1S/C19H26N4O5/c1-12(2)15(21-14(24)11-13-7-4-3-5-8-13)16(25)23-10-6-9-19(23,17(26)27)22-18(20)28/h3-5,7-8,12,15H,6,9-11H2,1-2H3,(H,21,24)(H,26,27)(H3,20,22,28)/t15-,19-/m0/s1. The van der Waals surface area contributed by atoms with Crippen molar-refractivity contribution in [1.82, 2.24) is 15.5 Å². The lowest BCUT2D eigenvalue weighted by Gasteiger charge is -2.37. The van der Waals surface area contributed by atoms with Gasteiger partial charge in [0.05, 0.1) is 6.42 Å². The Balaban J connectivity index is 2.20. The molecule has 28 heavy (non-hydrogen) atoms. The zero-order chi connectivity index (χ0) is 20.9. The molecule has 0 spiro atoms. The highest BCUT2D eigenvalue weighted by molar-refractivity contribution is 5.94. The number of benzene rings is 1. The third kappa shape index (κ3) is 4.59. The van der Waals surface area contributed by atoms with Crippen molar-refractivity contribution in [3.63, 3.8) is 0 Å². The minimum absolute atomic E-state index is 0.0415. The molecule has 0 bridgehead atoms. The van der Waals surface area contributed by atoms with Crippen molar-refractivity contribution in [3.8, 4) is 0 Å². The molecule has 2 rings (SSSR count). The Morgan fingerprint density at radius 1 is 1.21 bits per heavy atom. The van der Waals surface area contributed by atoms with E-state index in [1.165, 1.54) is 0 Å². The second kappa shape index (κ2) is 8.73. The molecule has 1 aromatic carbocycles. The summed E-state index contributed by atoms with van der Waals surface area (Å²) >= 11 is 0. The first-order chi connectivity index (χ1) is 13.2. The van der Waals surface area contributed by atoms with Crippen molar-refractivity contribution < 1.29 is 24.3 Å². The highest BCUT2D eigenvalue weighted by Crippen LogP contribution is 2.29. The quantitative estimate of drug-likeness (QED) is 0.534. The summed E-state index contributed by atoms with van der Waals surface area (Å²) in [6, 6.07) is 7.12. The molecule has 9 heteroatoms. The maximum atomic E-state index is 13.1. The minimum Gasteiger partial charge on any atom is -0.478 e. The number of carbonyl (C=O) groups excluding carboxylic acids is 3. The van der Waals surface area contributed by atoms with Crippen molar-refractivity contribution in [3.05, 3.63) is 35.9 Å². The number of urea groups is 1. The Labute approximate surface area is 163 Å². The molecule has 0 radical (unpaired) electrons. The van der Waals surface area contributed by atoms with Crippen LogP contribution in [-0.2, 0) is 20.8 Å². The summed E-state index contributed by atoms with van der Waals surface area (Å²) in [6.45, 7) is 3.65. The van der Waals surface area contributed by atoms with Crippen LogP contribution in [0.4, 0.5) is 4.79 Å². The van der Waals surface area contributed by atoms with Crippen molar-refractivity contribution in [2.75, 3.05) is 6.54 Å². The van der Waals surface area contributed by atoms with Gasteiger partial charge in [-0.15, -0.1) is 0 Å². The first-order valence-corrected chi connectivity index (χ1v) is 9.13. The molecule has 1 heterocycles. The van der Waals surface area contributed by atoms with E-state index in [0.717, 1.165) is 10.5 Å². The monoisotopic (exact) mass is 390 g/mol. The lowest BCUT2D eigenvalue weighted by Crippen LogP contribution is -2.67. The summed E-state index contributed by atoms with van der Waals surface area (Å²) in [5.41, 5.74) is 4.03. The zero-order valence-corrected chi connectivity index (χ0v) is 16.0. The highest BCUT2D eigenvalue weighted by atomic mass is 16.4. The molecule has 0 saturated carbocycles. The van der Waals surface area contributed by atoms with E-state index in [2.05, 4.69) is 10.6 Å². The smallest absolute Gasteiger partial charge is 0.350 e. The van der Waals surface area contributed by atoms with Crippen LogP contribution < -0.4 is 16.4 Å². The van der Waals surface area contributed by atoms with Gasteiger partial charge in [-0.2, -0.15) is 0 Å². The van der Waals surface area contributed by atoms with Crippen molar-refractivity contribution >= 4 is 23.8 Å². The van der Waals surface area contributed by atoms with Crippen LogP contribution in [0.1, 0.15) is 32.3 Å². The predicted octanol–water partition coefficient (Wildman–Crippen LogP) is 0.442. The fourth-order valence-electron chi connectivity index (χ4n) is 3.41. The maximum Gasteiger partial charge on any atom is 0.350 e. The van der Waals surface area contributed by atoms with Crippen LogP contribution in [0.15, 0.2) is 30.3 Å². The van der Waals surface area contributed by atoms with E-state index < -0.39 is 29.6 Å². The molecule has 1 aliphatic rings. The van der Waals surface area contributed by atoms with Crippen molar-refractivity contribution in [2.45, 2.75) is 44.8 Å². The molecule has 1 saturated heterocycles. The van der Waals surface area contributed by atoms with Crippen molar-refractivity contribution in [1.29, 1.82) is 0 Å². The Morgan fingerprint density at radius 3 is 2.39 bits per heavy atom. The van der Waals surface area contributed by atoms with Gasteiger partial charge in [0.1, 0.15) is 6.04 Å². The summed E-state index contributed by atoms with van der Waals surface area (Å²) in [5.74, 6) is -2.56. The molecular formula is C19H26N4O5. The van der Waals surface area contributed by atoms with Gasteiger partial charge in [-0.1, -0.05) is 44.2 Å². The molecule has 2 atom stereocenters. The van der Waals surface area contributed by atoms with Gasteiger partial charge in [0.2, 0.25) is 17.5 Å². The summed E-state index contributed by atoms with van der Waals surface area (Å²) in [5, 5.41) is 14.6. The van der Waals surface area contributed by atoms with Gasteiger partial charge in [-0.3, -0.25) is 9.59 Å². The van der Waals surface area contributed by atoms with Gasteiger partial charge in [0.15, 0.2) is 0 Å². The summed E-state index contributed by atoms with van der Waals surface area (Å²) in [7, 11) is 0. The van der Waals surface area contributed by atoms with E-state index in [1.54, 1.807) is 26.0 Å². The van der Waals surface area contributed by atoms with Crippen molar-refractivity contribution in [2.24, 2.45) is 11.7 Å². The molecule has 1 aliphatic heterocycles. The minimum atomic E-state index is -1.90. The SMILES string of the molecule is CC(C)[C@H](NC(=O)Cc1ccccc1)C(=O)N1CCC[C@@]1(NC(N)=O)C(=O)O. The Bertz CT molecular complexity index is 752. The van der Waals surface area contributed by atoms with E-state index in [9.17, 15) is 24.3 Å². The molecule has 4 amide bonds. The van der Waals surface area contributed by atoms with E-state index in [1.807, 2.05) is 18.2 Å². The largest absolute Gasteiger partial charge is 0.478 e. The van der Waals surface area contributed by atoms with Crippen LogP contribution in [0.5, 0.6) is 0 Å². The lowest BCUT2D eigenvalue weighted by molar-refractivity contribution is -0.159. The van der Waals surface area contributed by atoms with Gasteiger partial charge in [-0.05, 0) is 17.9 Å². The fourth-order valence-corrected chi connectivity index (χ4v) is 3.41. The number of likely N-dealkylation sites (tertiary alicyclic amines) is 1. The zero-order valence-electron chi connectivity index (χ0n) is 16.0. The van der Waals surface area contributed by atoms with Crippen LogP contribution in [0.3, 0.4) is 0 Å². The molecule has 9 nitrogen and oxygen atoms in total. The number of primary amides is 1. The average molecular weight is 390 g/mol. The Hall–Kier alpha value is -3.10. The normalized spacial score (nSPS) is 19.9. The number of carbonyl (C=O) groups is 4. The van der Waals surface area contributed by atoms with E-state index >= 15 is 0 Å². The average Bonchev–Trinajstić information content (AvgIpc) is 3.04. The van der Waals surface area contributed by atoms with E-state index in [-0.39, 0.29) is 31.2 Å². The fraction of sp³-hybridized carbons (Fsp3) is 0.474.